The van der Waals surface area contributed by atoms with Gasteiger partial charge in [-0.05, 0) is 26.5 Å². The van der Waals surface area contributed by atoms with E-state index in [9.17, 15) is 9.18 Å². The lowest BCUT2D eigenvalue weighted by Crippen LogP contribution is -2.48. The second kappa shape index (κ2) is 6.47. The van der Waals surface area contributed by atoms with Gasteiger partial charge in [0.2, 0.25) is 0 Å². The van der Waals surface area contributed by atoms with Crippen LogP contribution in [0.1, 0.15) is 31.9 Å². The molecule has 0 spiro atoms. The maximum absolute atomic E-state index is 13.7. The Balaban J connectivity index is 2.92. The Morgan fingerprint density at radius 2 is 2.11 bits per heavy atom. The number of hydrazine groups is 1. The van der Waals surface area contributed by atoms with Crippen LogP contribution in [0.15, 0.2) is 24.3 Å². The molecule has 0 saturated heterocycles. The minimum absolute atomic E-state index is 0.201. The van der Waals surface area contributed by atoms with Crippen LogP contribution < -0.4 is 11.3 Å². The first-order valence-corrected chi connectivity index (χ1v) is 5.99. The Morgan fingerprint density at radius 1 is 1.50 bits per heavy atom. The first kappa shape index (κ1) is 14.6. The van der Waals surface area contributed by atoms with E-state index in [2.05, 4.69) is 5.43 Å². The first-order valence-electron chi connectivity index (χ1n) is 5.99. The molecule has 1 amide bonds. The predicted octanol–water partition coefficient (Wildman–Crippen LogP) is 1.59. The van der Waals surface area contributed by atoms with E-state index in [4.69, 9.17) is 5.84 Å². The van der Waals surface area contributed by atoms with Gasteiger partial charge in [-0.15, -0.1) is 0 Å². The molecule has 0 heterocycles. The van der Waals surface area contributed by atoms with Gasteiger partial charge in [0.05, 0.1) is 6.04 Å². The molecule has 18 heavy (non-hydrogen) atoms. The summed E-state index contributed by atoms with van der Waals surface area (Å²) in [5, 5.41) is 0. The van der Waals surface area contributed by atoms with E-state index in [1.54, 1.807) is 25.2 Å². The Bertz CT molecular complexity index is 411. The number of carbonyl (C=O) groups is 1. The van der Waals surface area contributed by atoms with Gasteiger partial charge in [-0.3, -0.25) is 15.1 Å². The maximum Gasteiger partial charge on any atom is 0.251 e. The molecule has 0 aromatic heterocycles. The lowest BCUT2D eigenvalue weighted by molar-refractivity contribution is -0.127. The van der Waals surface area contributed by atoms with Crippen LogP contribution in [-0.4, -0.2) is 23.9 Å². The second-order valence-corrected chi connectivity index (χ2v) is 4.30. The van der Waals surface area contributed by atoms with Crippen molar-refractivity contribution in [2.24, 2.45) is 5.84 Å². The van der Waals surface area contributed by atoms with Gasteiger partial charge in [-0.2, -0.15) is 0 Å². The van der Waals surface area contributed by atoms with Crippen molar-refractivity contribution in [2.75, 3.05) is 7.05 Å². The zero-order valence-corrected chi connectivity index (χ0v) is 11.0. The highest BCUT2D eigenvalue weighted by Crippen LogP contribution is 2.24. The first-order chi connectivity index (χ1) is 8.52. The normalized spacial score (nSPS) is 14.3. The Kier molecular flexibility index (Phi) is 5.25. The molecule has 2 unspecified atom stereocenters. The molecule has 100 valence electrons. The molecular weight excluding hydrogens is 233 g/mol. The van der Waals surface area contributed by atoms with Crippen LogP contribution in [0.4, 0.5) is 4.39 Å². The molecule has 0 radical (unpaired) electrons. The summed E-state index contributed by atoms with van der Waals surface area (Å²) in [7, 11) is 1.79. The van der Waals surface area contributed by atoms with E-state index in [-0.39, 0.29) is 23.8 Å². The van der Waals surface area contributed by atoms with Gasteiger partial charge in [0.1, 0.15) is 5.82 Å². The SMILES string of the molecule is CCC(C(=O)NN)N(C)C(C)c1ccccc1F. The lowest BCUT2D eigenvalue weighted by atomic mass is 10.0. The summed E-state index contributed by atoms with van der Waals surface area (Å²) in [6.07, 6.45) is 0.609. The van der Waals surface area contributed by atoms with Crippen molar-refractivity contribution in [1.29, 1.82) is 0 Å². The fraction of sp³-hybridized carbons (Fsp3) is 0.462. The number of nitrogens with two attached hydrogens (primary N) is 1. The molecule has 0 saturated carbocycles. The fourth-order valence-corrected chi connectivity index (χ4v) is 2.06. The second-order valence-electron chi connectivity index (χ2n) is 4.30. The Hall–Kier alpha value is -1.46. The van der Waals surface area contributed by atoms with Crippen LogP contribution in [0.25, 0.3) is 0 Å². The third-order valence-corrected chi connectivity index (χ3v) is 3.29. The summed E-state index contributed by atoms with van der Waals surface area (Å²) < 4.78 is 13.7. The van der Waals surface area contributed by atoms with E-state index < -0.39 is 0 Å². The molecule has 1 rings (SSSR count). The smallest absolute Gasteiger partial charge is 0.251 e. The van der Waals surface area contributed by atoms with Gasteiger partial charge in [0.15, 0.2) is 0 Å². The van der Waals surface area contributed by atoms with E-state index in [0.717, 1.165) is 0 Å². The minimum Gasteiger partial charge on any atom is -0.293 e. The third-order valence-electron chi connectivity index (χ3n) is 3.29. The molecule has 0 fully saturated rings. The molecule has 3 N–H and O–H groups in total. The number of halogens is 1. The van der Waals surface area contributed by atoms with Gasteiger partial charge < -0.3 is 0 Å². The Labute approximate surface area is 107 Å². The number of benzene rings is 1. The van der Waals surface area contributed by atoms with Gasteiger partial charge in [0, 0.05) is 11.6 Å². The van der Waals surface area contributed by atoms with Crippen LogP contribution in [-0.2, 0) is 4.79 Å². The van der Waals surface area contributed by atoms with Crippen molar-refractivity contribution >= 4 is 5.91 Å². The Morgan fingerprint density at radius 3 is 2.61 bits per heavy atom. The van der Waals surface area contributed by atoms with Gasteiger partial charge in [-0.1, -0.05) is 25.1 Å². The van der Waals surface area contributed by atoms with Crippen molar-refractivity contribution in [1.82, 2.24) is 10.3 Å². The third kappa shape index (κ3) is 3.05. The van der Waals surface area contributed by atoms with Crippen molar-refractivity contribution in [3.8, 4) is 0 Å². The van der Waals surface area contributed by atoms with Crippen molar-refractivity contribution in [3.63, 3.8) is 0 Å². The zero-order valence-electron chi connectivity index (χ0n) is 11.0. The summed E-state index contributed by atoms with van der Waals surface area (Å²) in [6.45, 7) is 3.76. The van der Waals surface area contributed by atoms with Crippen LogP contribution in [0.3, 0.4) is 0 Å². The average Bonchev–Trinajstić information content (AvgIpc) is 2.38. The number of rotatable bonds is 5. The van der Waals surface area contributed by atoms with Crippen LogP contribution in [0.2, 0.25) is 0 Å². The number of hydrogen-bond donors (Lipinski definition) is 2. The van der Waals surface area contributed by atoms with Gasteiger partial charge in [-0.25, -0.2) is 10.2 Å². The van der Waals surface area contributed by atoms with Crippen LogP contribution >= 0.6 is 0 Å². The molecule has 0 bridgehead atoms. The highest BCUT2D eigenvalue weighted by Gasteiger charge is 2.26. The number of nitrogens with zero attached hydrogens (tertiary/aromatic N) is 1. The monoisotopic (exact) mass is 253 g/mol. The maximum atomic E-state index is 13.7. The molecule has 1 aromatic carbocycles. The van der Waals surface area contributed by atoms with E-state index in [1.807, 2.05) is 18.7 Å². The molecule has 5 heteroatoms. The molecule has 0 aliphatic rings. The molecular formula is C13H20FN3O. The van der Waals surface area contributed by atoms with E-state index in [0.29, 0.717) is 12.0 Å². The number of carbonyl (C=O) groups excluding carboxylic acids is 1. The quantitative estimate of drug-likeness (QED) is 0.476. The number of nitrogens with one attached hydrogen (secondary N) is 1. The summed E-state index contributed by atoms with van der Waals surface area (Å²) in [6, 6.07) is 6.01. The molecule has 2 atom stereocenters. The van der Waals surface area contributed by atoms with E-state index >= 15 is 0 Å². The van der Waals surface area contributed by atoms with E-state index in [1.165, 1.54) is 6.07 Å². The lowest BCUT2D eigenvalue weighted by Gasteiger charge is -2.31. The molecule has 0 aliphatic heterocycles. The largest absolute Gasteiger partial charge is 0.293 e. The predicted molar refractivity (Wildman–Crippen MR) is 69.0 cm³/mol. The number of likely N-dealkylation sites (N-methyl/N-ethyl adjacent to an activating group) is 1. The minimum atomic E-state index is -0.371. The van der Waals surface area contributed by atoms with Gasteiger partial charge in [0.25, 0.3) is 5.91 Å². The topological polar surface area (TPSA) is 58.4 Å². The summed E-state index contributed by atoms with van der Waals surface area (Å²) in [4.78, 5) is 13.5. The number of hydrogen-bond acceptors (Lipinski definition) is 3. The van der Waals surface area contributed by atoms with Gasteiger partial charge >= 0.3 is 0 Å². The van der Waals surface area contributed by atoms with Crippen molar-refractivity contribution in [3.05, 3.63) is 35.6 Å². The van der Waals surface area contributed by atoms with Crippen LogP contribution in [0.5, 0.6) is 0 Å². The standard InChI is InChI=1S/C13H20FN3O/c1-4-12(13(18)16-15)17(3)9(2)10-7-5-6-8-11(10)14/h5-9,12H,4,15H2,1-3H3,(H,16,18). The van der Waals surface area contributed by atoms with Crippen molar-refractivity contribution < 1.29 is 9.18 Å². The molecule has 1 aromatic rings. The van der Waals surface area contributed by atoms with Crippen molar-refractivity contribution in [2.45, 2.75) is 32.4 Å². The van der Waals surface area contributed by atoms with Crippen LogP contribution in [0, 0.1) is 5.82 Å². The zero-order chi connectivity index (χ0) is 13.7. The molecule has 0 aliphatic carbocycles. The average molecular weight is 253 g/mol. The summed E-state index contributed by atoms with van der Waals surface area (Å²) in [5.74, 6) is 4.63. The number of amides is 1. The fourth-order valence-electron chi connectivity index (χ4n) is 2.06. The summed E-state index contributed by atoms with van der Waals surface area (Å²) >= 11 is 0. The highest BCUT2D eigenvalue weighted by molar-refractivity contribution is 5.81. The molecule has 4 nitrogen and oxygen atoms in total. The summed E-state index contributed by atoms with van der Waals surface area (Å²) in [5.41, 5.74) is 2.72. The highest BCUT2D eigenvalue weighted by atomic mass is 19.1.